The summed E-state index contributed by atoms with van der Waals surface area (Å²) in [4.78, 5) is 1.31. The second kappa shape index (κ2) is 8.62. The minimum atomic E-state index is -0.259. The van der Waals surface area contributed by atoms with E-state index in [1.54, 1.807) is 23.1 Å². The Kier molecular flexibility index (Phi) is 6.01. The molecule has 3 aliphatic rings. The fraction of sp³-hybridized carbons (Fsp3) is 0.700. The van der Waals surface area contributed by atoms with Crippen molar-refractivity contribution in [3.8, 4) is 5.00 Å². The van der Waals surface area contributed by atoms with Crippen LogP contribution in [0.5, 0.6) is 0 Å². The van der Waals surface area contributed by atoms with Crippen molar-refractivity contribution >= 4 is 29.0 Å². The minimum Gasteiger partial charge on any atom is -0.369 e. The number of rotatable bonds is 8. The lowest BCUT2D eigenvalue weighted by molar-refractivity contribution is -0.120. The SMILES string of the molecule is CCOC(CSc1nnc2n1-c1sc3c(c1C1NCNN21)C[C@](C)(CC)OC3)OCC. The van der Waals surface area contributed by atoms with Gasteiger partial charge in [-0.2, -0.15) is 0 Å². The van der Waals surface area contributed by atoms with Crippen molar-refractivity contribution in [3.63, 3.8) is 0 Å². The molecule has 0 aliphatic carbocycles. The van der Waals surface area contributed by atoms with Crippen LogP contribution in [0.3, 0.4) is 0 Å². The Bertz CT molecular complexity index is 944. The zero-order valence-electron chi connectivity index (χ0n) is 18.4. The Labute approximate surface area is 190 Å². The molecular formula is C20H30N6O3S2. The zero-order chi connectivity index (χ0) is 21.6. The number of hydrogen-bond donors (Lipinski definition) is 2. The van der Waals surface area contributed by atoms with Crippen molar-refractivity contribution in [2.24, 2.45) is 0 Å². The number of ether oxygens (including phenoxy) is 3. The molecule has 9 nitrogen and oxygen atoms in total. The van der Waals surface area contributed by atoms with Gasteiger partial charge in [0.2, 0.25) is 5.95 Å². The summed E-state index contributed by atoms with van der Waals surface area (Å²) in [5.74, 6) is 1.47. The molecule has 1 unspecified atom stereocenters. The molecule has 2 aromatic heterocycles. The lowest BCUT2D eigenvalue weighted by Gasteiger charge is -2.35. The highest BCUT2D eigenvalue weighted by atomic mass is 32.2. The van der Waals surface area contributed by atoms with E-state index in [1.807, 2.05) is 13.8 Å². The summed E-state index contributed by atoms with van der Waals surface area (Å²) in [6, 6.07) is 0. The summed E-state index contributed by atoms with van der Waals surface area (Å²) < 4.78 is 19.9. The third kappa shape index (κ3) is 3.69. The summed E-state index contributed by atoms with van der Waals surface area (Å²) in [6.07, 6.45) is 1.72. The monoisotopic (exact) mass is 466 g/mol. The highest BCUT2D eigenvalue weighted by Gasteiger charge is 2.44. The first kappa shape index (κ1) is 21.6. The number of nitrogens with zero attached hydrogens (tertiary/aromatic N) is 4. The number of aromatic nitrogens is 3. The van der Waals surface area contributed by atoms with Crippen LogP contribution < -0.4 is 15.8 Å². The van der Waals surface area contributed by atoms with Crippen LogP contribution in [0.2, 0.25) is 0 Å². The van der Waals surface area contributed by atoms with Crippen LogP contribution in [0.4, 0.5) is 5.95 Å². The summed E-state index contributed by atoms with van der Waals surface area (Å²) >= 11 is 3.42. The second-order valence-corrected chi connectivity index (χ2v) is 10.1. The molecule has 0 radical (unpaired) electrons. The van der Waals surface area contributed by atoms with Gasteiger partial charge in [0.15, 0.2) is 11.4 Å². The lowest BCUT2D eigenvalue weighted by Crippen LogP contribution is -2.40. The van der Waals surface area contributed by atoms with Crippen molar-refractivity contribution in [1.29, 1.82) is 0 Å². The van der Waals surface area contributed by atoms with Crippen LogP contribution in [0.25, 0.3) is 5.00 Å². The third-order valence-electron chi connectivity index (χ3n) is 6.13. The molecule has 31 heavy (non-hydrogen) atoms. The topological polar surface area (TPSA) is 85.7 Å². The van der Waals surface area contributed by atoms with Gasteiger partial charge in [0.25, 0.3) is 0 Å². The highest BCUT2D eigenvalue weighted by molar-refractivity contribution is 7.99. The molecule has 0 amide bonds. The van der Waals surface area contributed by atoms with Crippen molar-refractivity contribution in [2.45, 2.75) is 70.4 Å². The van der Waals surface area contributed by atoms with E-state index in [4.69, 9.17) is 14.2 Å². The number of hydrogen-bond acceptors (Lipinski definition) is 10. The fourth-order valence-electron chi connectivity index (χ4n) is 4.34. The quantitative estimate of drug-likeness (QED) is 0.450. The van der Waals surface area contributed by atoms with Gasteiger partial charge >= 0.3 is 0 Å². The molecule has 2 atom stereocenters. The first-order chi connectivity index (χ1) is 15.1. The first-order valence-corrected chi connectivity index (χ1v) is 12.7. The number of fused-ring (bicyclic) bond motifs is 8. The predicted molar refractivity (Wildman–Crippen MR) is 121 cm³/mol. The maximum atomic E-state index is 6.24. The minimum absolute atomic E-state index is 0.0587. The first-order valence-electron chi connectivity index (χ1n) is 10.9. The molecule has 0 spiro atoms. The van der Waals surface area contributed by atoms with E-state index >= 15 is 0 Å². The van der Waals surface area contributed by atoms with Crippen molar-refractivity contribution in [3.05, 3.63) is 16.0 Å². The maximum Gasteiger partial charge on any atom is 0.249 e. The number of nitrogens with one attached hydrogen (secondary N) is 2. The molecule has 5 heterocycles. The van der Waals surface area contributed by atoms with Crippen LogP contribution in [0.15, 0.2) is 5.16 Å². The van der Waals surface area contributed by atoms with Gasteiger partial charge in [-0.1, -0.05) is 18.7 Å². The zero-order valence-corrected chi connectivity index (χ0v) is 20.1. The summed E-state index contributed by atoms with van der Waals surface area (Å²) in [5, 5.41) is 16.8. The average molecular weight is 467 g/mol. The molecular weight excluding hydrogens is 436 g/mol. The van der Waals surface area contributed by atoms with E-state index in [-0.39, 0.29) is 18.1 Å². The summed E-state index contributed by atoms with van der Waals surface area (Å²) in [5.41, 5.74) is 6.04. The lowest BCUT2D eigenvalue weighted by atomic mass is 9.88. The van der Waals surface area contributed by atoms with Gasteiger partial charge in [-0.05, 0) is 32.8 Å². The van der Waals surface area contributed by atoms with E-state index in [0.717, 1.165) is 23.9 Å². The molecule has 170 valence electrons. The molecule has 1 saturated heterocycles. The molecule has 2 N–H and O–H groups in total. The number of thioether (sulfide) groups is 1. The van der Waals surface area contributed by atoms with Gasteiger partial charge in [0, 0.05) is 30.1 Å². The number of thiophene rings is 1. The number of hydrazine groups is 1. The van der Waals surface area contributed by atoms with Crippen LogP contribution in [-0.2, 0) is 27.2 Å². The van der Waals surface area contributed by atoms with E-state index in [2.05, 4.69) is 44.4 Å². The molecule has 1 fully saturated rings. The molecule has 5 rings (SSSR count). The maximum absolute atomic E-state index is 6.24. The smallest absolute Gasteiger partial charge is 0.249 e. The third-order valence-corrected chi connectivity index (χ3v) is 8.29. The van der Waals surface area contributed by atoms with Gasteiger partial charge in [-0.3, -0.25) is 10.3 Å². The van der Waals surface area contributed by atoms with Gasteiger partial charge in [-0.15, -0.1) is 21.5 Å². The van der Waals surface area contributed by atoms with E-state index in [9.17, 15) is 0 Å². The molecule has 0 aromatic carbocycles. The Morgan fingerprint density at radius 1 is 1.29 bits per heavy atom. The van der Waals surface area contributed by atoms with Gasteiger partial charge in [0.05, 0.1) is 24.6 Å². The van der Waals surface area contributed by atoms with Crippen LogP contribution in [0.1, 0.15) is 56.3 Å². The Morgan fingerprint density at radius 3 is 2.84 bits per heavy atom. The highest BCUT2D eigenvalue weighted by Crippen LogP contribution is 2.49. The van der Waals surface area contributed by atoms with Crippen molar-refractivity contribution < 1.29 is 14.2 Å². The second-order valence-electron chi connectivity index (χ2n) is 8.07. The van der Waals surface area contributed by atoms with E-state index in [1.165, 1.54) is 21.0 Å². The molecule has 2 aromatic rings. The normalized spacial score (nSPS) is 24.3. The molecule has 11 heteroatoms. The average Bonchev–Trinajstić information content (AvgIpc) is 3.48. The summed E-state index contributed by atoms with van der Waals surface area (Å²) in [6.45, 7) is 11.0. The molecule has 0 bridgehead atoms. The molecule has 0 saturated carbocycles. The van der Waals surface area contributed by atoms with Gasteiger partial charge in [-0.25, -0.2) is 9.99 Å². The van der Waals surface area contributed by atoms with Gasteiger partial charge < -0.3 is 14.2 Å². The van der Waals surface area contributed by atoms with Crippen LogP contribution >= 0.6 is 23.1 Å². The Hall–Kier alpha value is -1.21. The van der Waals surface area contributed by atoms with E-state index < -0.39 is 0 Å². The van der Waals surface area contributed by atoms with E-state index in [0.29, 0.717) is 32.2 Å². The number of anilines is 1. The Balaban J connectivity index is 1.52. The van der Waals surface area contributed by atoms with Crippen LogP contribution in [0, 0.1) is 0 Å². The Morgan fingerprint density at radius 2 is 2.10 bits per heavy atom. The van der Waals surface area contributed by atoms with Crippen LogP contribution in [-0.4, -0.2) is 52.3 Å². The van der Waals surface area contributed by atoms with Gasteiger partial charge in [0.1, 0.15) is 11.2 Å². The fourth-order valence-corrected chi connectivity index (χ4v) is 6.54. The van der Waals surface area contributed by atoms with Crippen molar-refractivity contribution in [1.82, 2.24) is 25.5 Å². The standard InChI is InChI=1S/C20H30N6O3S2/c1-5-20(4)8-12-13(9-29-20)31-17-15(12)16-21-11-22-26(16)18-23-24-19(25(17)18)30-10-14(27-6-2)28-7-3/h14,16,21-22H,5-11H2,1-4H3/t16?,20-/m0/s1. The predicted octanol–water partition coefficient (Wildman–Crippen LogP) is 2.95. The molecule has 3 aliphatic heterocycles. The largest absolute Gasteiger partial charge is 0.369 e. The summed E-state index contributed by atoms with van der Waals surface area (Å²) in [7, 11) is 0. The van der Waals surface area contributed by atoms with Crippen molar-refractivity contribution in [2.75, 3.05) is 30.6 Å².